The molecule has 2 fully saturated rings. The molecule has 0 aliphatic carbocycles. The number of cyclic esters (lactones) is 2. The zero-order chi connectivity index (χ0) is 37.7. The van der Waals surface area contributed by atoms with Crippen molar-refractivity contribution >= 4 is 56.8 Å². The third kappa shape index (κ3) is 8.63. The van der Waals surface area contributed by atoms with E-state index in [0.717, 1.165) is 0 Å². The molecule has 274 valence electrons. The number of carbonyl (C=O) groups excluding carboxylic acids is 2. The maximum Gasteiger partial charge on any atom is 0.415 e. The normalized spacial score (nSPS) is 19.7. The van der Waals surface area contributed by atoms with Gasteiger partial charge in [-0.25, -0.2) is 31.5 Å². The molecule has 0 aromatic heterocycles. The third-order valence-corrected chi connectivity index (χ3v) is 10.6. The fourth-order valence-electron chi connectivity index (χ4n) is 6.24. The lowest BCUT2D eigenvalue weighted by Crippen LogP contribution is -2.37. The number of benzene rings is 5. The minimum absolute atomic E-state index is 0.0937. The average molecular weight is 781 g/mol. The number of nitrogens with one attached hydrogen (secondary N) is 1. The number of rotatable bonds is 9. The summed E-state index contributed by atoms with van der Waals surface area (Å²) in [6, 6.07) is 32.3. The Bertz CT molecular complexity index is 2180. The van der Waals surface area contributed by atoms with Gasteiger partial charge in [-0.15, -0.1) is 0 Å². The Balaban J connectivity index is 0.000000192. The molecule has 2 aliphatic rings. The highest BCUT2D eigenvalue weighted by Crippen LogP contribution is 2.40. The summed E-state index contributed by atoms with van der Waals surface area (Å²) < 4.78 is 66.2. The molecule has 1 N–H and O–H groups in total. The number of hydrogen-bond acceptors (Lipinski definition) is 6. The fourth-order valence-corrected chi connectivity index (χ4v) is 7.56. The van der Waals surface area contributed by atoms with Crippen LogP contribution in [0.2, 0.25) is 10.0 Å². The fraction of sp³-hybridized carbons (Fsp3) is 0.179. The van der Waals surface area contributed by atoms with E-state index < -0.39 is 40.2 Å². The van der Waals surface area contributed by atoms with Gasteiger partial charge in [-0.05, 0) is 102 Å². The summed E-state index contributed by atoms with van der Waals surface area (Å²) in [5, 5.41) is 1.08. The number of amides is 2. The molecule has 9 nitrogen and oxygen atoms in total. The van der Waals surface area contributed by atoms with Crippen LogP contribution >= 0.6 is 23.2 Å². The van der Waals surface area contributed by atoms with Gasteiger partial charge in [0.1, 0.15) is 35.9 Å². The Morgan fingerprint density at radius 2 is 1.09 bits per heavy atom. The van der Waals surface area contributed by atoms with Gasteiger partial charge in [-0.1, -0.05) is 72.6 Å². The average Bonchev–Trinajstić information content (AvgIpc) is 3.67. The van der Waals surface area contributed by atoms with Gasteiger partial charge in [-0.2, -0.15) is 0 Å². The highest BCUT2D eigenvalue weighted by Gasteiger charge is 2.45. The molecule has 5 aromatic rings. The number of ether oxygens (including phenoxy) is 2. The molecule has 2 heterocycles. The molecule has 0 unspecified atom stereocenters. The number of anilines is 2. The zero-order valence-corrected chi connectivity index (χ0v) is 30.4. The summed E-state index contributed by atoms with van der Waals surface area (Å²) in [4.78, 5) is 28.0. The van der Waals surface area contributed by atoms with Crippen molar-refractivity contribution < 1.29 is 36.3 Å². The van der Waals surface area contributed by atoms with E-state index in [1.165, 1.54) is 47.4 Å². The van der Waals surface area contributed by atoms with Crippen LogP contribution in [0.5, 0.6) is 0 Å². The lowest BCUT2D eigenvalue weighted by Gasteiger charge is -2.25. The van der Waals surface area contributed by atoms with Gasteiger partial charge in [0, 0.05) is 21.4 Å². The van der Waals surface area contributed by atoms with E-state index >= 15 is 0 Å². The predicted octanol–water partition coefficient (Wildman–Crippen LogP) is 9.48. The summed E-state index contributed by atoms with van der Waals surface area (Å²) in [6.45, 7) is 1.75. The Morgan fingerprint density at radius 3 is 1.55 bits per heavy atom. The first kappa shape index (κ1) is 37.7. The van der Waals surface area contributed by atoms with Crippen LogP contribution in [0.3, 0.4) is 0 Å². The summed E-state index contributed by atoms with van der Waals surface area (Å²) >= 11 is 11.9. The second-order valence-electron chi connectivity index (χ2n) is 12.1. The maximum absolute atomic E-state index is 14.0. The molecule has 7 rings (SSSR count). The first-order valence-corrected chi connectivity index (χ1v) is 18.8. The molecule has 5 aromatic carbocycles. The lowest BCUT2D eigenvalue weighted by molar-refractivity contribution is 0.129. The minimum Gasteiger partial charge on any atom is -0.443 e. The van der Waals surface area contributed by atoms with Crippen molar-refractivity contribution in [1.29, 1.82) is 0 Å². The van der Waals surface area contributed by atoms with Gasteiger partial charge >= 0.3 is 12.2 Å². The number of hydrogen-bond donors (Lipinski definition) is 1. The van der Waals surface area contributed by atoms with E-state index in [1.807, 2.05) is 6.92 Å². The van der Waals surface area contributed by atoms with Crippen molar-refractivity contribution in [2.24, 2.45) is 0 Å². The molecule has 0 radical (unpaired) electrons. The Morgan fingerprint density at radius 1 is 0.642 bits per heavy atom. The highest BCUT2D eigenvalue weighted by molar-refractivity contribution is 7.89. The first-order chi connectivity index (χ1) is 25.4. The number of halogens is 4. The smallest absolute Gasteiger partial charge is 0.415 e. The first-order valence-electron chi connectivity index (χ1n) is 16.5. The Hall–Kier alpha value is -5.01. The Kier molecular flexibility index (Phi) is 11.6. The zero-order valence-electron chi connectivity index (χ0n) is 28.1. The third-order valence-electron chi connectivity index (χ3n) is 8.68. The molecule has 0 spiro atoms. The molecule has 14 heteroatoms. The largest absolute Gasteiger partial charge is 0.443 e. The molecule has 2 amide bonds. The van der Waals surface area contributed by atoms with Gasteiger partial charge in [0.2, 0.25) is 10.0 Å². The van der Waals surface area contributed by atoms with Crippen molar-refractivity contribution in [2.75, 3.05) is 16.3 Å². The van der Waals surface area contributed by atoms with E-state index in [0.29, 0.717) is 39.0 Å². The Labute approximate surface area is 315 Å². The quantitative estimate of drug-likeness (QED) is 0.160. The van der Waals surface area contributed by atoms with Crippen molar-refractivity contribution in [3.63, 3.8) is 0 Å². The molecule has 0 bridgehead atoms. The molecule has 2 aliphatic heterocycles. The molecule has 4 atom stereocenters. The van der Waals surface area contributed by atoms with E-state index in [9.17, 15) is 26.8 Å². The summed E-state index contributed by atoms with van der Waals surface area (Å²) in [7, 11) is -3.82. The van der Waals surface area contributed by atoms with Crippen molar-refractivity contribution in [3.8, 4) is 0 Å². The topological polar surface area (TPSA) is 105 Å². The molecular formula is C39H33Cl2F2N3O6S. The van der Waals surface area contributed by atoms with E-state index in [2.05, 4.69) is 4.72 Å². The van der Waals surface area contributed by atoms with Crippen LogP contribution in [0.4, 0.5) is 29.7 Å². The van der Waals surface area contributed by atoms with Crippen LogP contribution in [0, 0.1) is 11.6 Å². The minimum atomic E-state index is -3.82. The van der Waals surface area contributed by atoms with Crippen molar-refractivity contribution in [2.45, 2.75) is 42.5 Å². The van der Waals surface area contributed by atoms with Gasteiger partial charge in [0.15, 0.2) is 0 Å². The summed E-state index contributed by atoms with van der Waals surface area (Å²) in [6.07, 6.45) is -1.64. The SMILES string of the molecule is CC[C@@H]1OC(=O)N(c2ccc(Cl)cc2)[C@H]1c1cccc(F)c1.O=C1O[C@@H](CNS(=O)(=O)c2ccccc2)[C@H](c2cccc(F)c2)N1c1ccc(Cl)cc1. The maximum atomic E-state index is 14.0. The van der Waals surface area contributed by atoms with E-state index in [1.54, 1.807) is 89.8 Å². The van der Waals surface area contributed by atoms with Crippen LogP contribution in [-0.4, -0.2) is 39.4 Å². The van der Waals surface area contributed by atoms with Crippen molar-refractivity contribution in [1.82, 2.24) is 4.72 Å². The van der Waals surface area contributed by atoms with Gasteiger partial charge in [0.05, 0.1) is 11.4 Å². The standard InChI is InChI=1S/C22H18ClFN2O4S.C17H15ClFNO2/c23-16-9-11-18(12-10-16)26-21(15-5-4-6-17(24)13-15)20(30-22(26)27)14-25-31(28,29)19-7-2-1-3-8-19;1-2-15-16(11-4-3-5-13(19)10-11)20(17(21)22-15)14-8-6-12(18)7-9-14/h1-13,20-21,25H,14H2;3-10,15-16H,2H2,1H3/t20-,21-;15-,16-/m00/s1. The van der Waals surface area contributed by atoms with Crippen LogP contribution in [0.25, 0.3) is 0 Å². The van der Waals surface area contributed by atoms with Crippen LogP contribution in [0.15, 0.2) is 132 Å². The van der Waals surface area contributed by atoms with E-state index in [-0.39, 0.29) is 29.4 Å². The van der Waals surface area contributed by atoms with Crippen LogP contribution in [0.1, 0.15) is 36.6 Å². The van der Waals surface area contributed by atoms with Gasteiger partial charge in [-0.3, -0.25) is 9.80 Å². The monoisotopic (exact) mass is 779 g/mol. The van der Waals surface area contributed by atoms with Gasteiger partial charge < -0.3 is 9.47 Å². The predicted molar refractivity (Wildman–Crippen MR) is 199 cm³/mol. The van der Waals surface area contributed by atoms with Crippen LogP contribution in [-0.2, 0) is 19.5 Å². The molecule has 53 heavy (non-hydrogen) atoms. The number of nitrogens with zero attached hydrogens (tertiary/aromatic N) is 2. The summed E-state index contributed by atoms with van der Waals surface area (Å²) in [5.41, 5.74) is 2.37. The molecule has 2 saturated heterocycles. The highest BCUT2D eigenvalue weighted by atomic mass is 35.5. The molecule has 0 saturated carbocycles. The van der Waals surface area contributed by atoms with E-state index in [4.69, 9.17) is 32.7 Å². The van der Waals surface area contributed by atoms with Crippen molar-refractivity contribution in [3.05, 3.63) is 160 Å². The summed E-state index contributed by atoms with van der Waals surface area (Å²) in [5.74, 6) is -0.806. The lowest BCUT2D eigenvalue weighted by atomic mass is 9.98. The van der Waals surface area contributed by atoms with Gasteiger partial charge in [0.25, 0.3) is 0 Å². The second-order valence-corrected chi connectivity index (χ2v) is 14.7. The molecular weight excluding hydrogens is 747 g/mol. The van der Waals surface area contributed by atoms with Crippen LogP contribution < -0.4 is 14.5 Å². The second kappa shape index (κ2) is 16.3. The number of carbonyl (C=O) groups is 2. The number of sulfonamides is 1.